The molecule has 6 heteroatoms. The molecule has 0 fully saturated rings. The average molecular weight is 326 g/mol. The lowest BCUT2D eigenvalue weighted by molar-refractivity contribution is 0.387. The number of nitrogens with one attached hydrogen (secondary N) is 1. The molecule has 1 aromatic carbocycles. The normalized spacial score (nSPS) is 10.5. The molecule has 0 unspecified atom stereocenters. The summed E-state index contributed by atoms with van der Waals surface area (Å²) in [5.74, 6) is 1.93. The average Bonchev–Trinajstić information content (AvgIpc) is 2.84. The summed E-state index contributed by atoms with van der Waals surface area (Å²) in [6.45, 7) is 2.07. The van der Waals surface area contributed by atoms with E-state index in [1.54, 1.807) is 20.3 Å². The summed E-state index contributed by atoms with van der Waals surface area (Å²) in [6, 6.07) is 3.80. The van der Waals surface area contributed by atoms with Crippen molar-refractivity contribution >= 4 is 21.7 Å². The van der Waals surface area contributed by atoms with E-state index in [2.05, 4.69) is 33.1 Å². The van der Waals surface area contributed by atoms with Gasteiger partial charge in [-0.2, -0.15) is 5.10 Å². The Kier molecular flexibility index (Phi) is 3.99. The fourth-order valence-corrected chi connectivity index (χ4v) is 2.82. The molecule has 0 atom stereocenters. The molecule has 0 amide bonds. The fraction of sp³-hybridized carbons (Fsp3) is 0.308. The molecule has 0 aliphatic heterocycles. The molecular formula is C13H16BrN3O2. The largest absolute Gasteiger partial charge is 0.495 e. The molecule has 19 heavy (non-hydrogen) atoms. The predicted octanol–water partition coefficient (Wildman–Crippen LogP) is 3.00. The number of nitrogens with two attached hydrogens (primary N) is 1. The number of halogens is 1. The molecule has 2 rings (SSSR count). The smallest absolute Gasteiger partial charge is 0.146 e. The van der Waals surface area contributed by atoms with Crippen LogP contribution < -0.4 is 15.2 Å². The van der Waals surface area contributed by atoms with Gasteiger partial charge in [0.25, 0.3) is 0 Å². The molecule has 0 bridgehead atoms. The number of aromatic amines is 1. The molecule has 0 saturated heterocycles. The van der Waals surface area contributed by atoms with Crippen LogP contribution in [0, 0.1) is 0 Å². The number of anilines is 1. The zero-order valence-corrected chi connectivity index (χ0v) is 12.7. The van der Waals surface area contributed by atoms with Gasteiger partial charge in [-0.05, 0) is 34.0 Å². The highest BCUT2D eigenvalue weighted by atomic mass is 79.9. The zero-order chi connectivity index (χ0) is 14.0. The van der Waals surface area contributed by atoms with E-state index in [-0.39, 0.29) is 0 Å². The molecule has 0 aliphatic rings. The third-order valence-corrected chi connectivity index (χ3v) is 3.65. The van der Waals surface area contributed by atoms with Gasteiger partial charge >= 0.3 is 0 Å². The Bertz CT molecular complexity index is 596. The molecular weight excluding hydrogens is 310 g/mol. The summed E-state index contributed by atoms with van der Waals surface area (Å²) in [5.41, 5.74) is 8.45. The van der Waals surface area contributed by atoms with Crippen LogP contribution in [0.1, 0.15) is 12.5 Å². The lowest BCUT2D eigenvalue weighted by Gasteiger charge is -2.16. The highest BCUT2D eigenvalue weighted by Crippen LogP contribution is 2.44. The zero-order valence-electron chi connectivity index (χ0n) is 11.1. The molecule has 0 aliphatic carbocycles. The van der Waals surface area contributed by atoms with Gasteiger partial charge in [-0.15, -0.1) is 0 Å². The Morgan fingerprint density at radius 3 is 2.42 bits per heavy atom. The third-order valence-electron chi connectivity index (χ3n) is 2.93. The molecule has 3 N–H and O–H groups in total. The molecule has 1 aromatic heterocycles. The first-order valence-corrected chi connectivity index (χ1v) is 6.66. The van der Waals surface area contributed by atoms with E-state index in [1.807, 2.05) is 6.07 Å². The Morgan fingerprint density at radius 1 is 1.26 bits per heavy atom. The molecule has 0 radical (unpaired) electrons. The van der Waals surface area contributed by atoms with E-state index in [1.165, 1.54) is 0 Å². The summed E-state index contributed by atoms with van der Waals surface area (Å²) in [7, 11) is 3.26. The van der Waals surface area contributed by atoms with Crippen molar-refractivity contribution in [3.8, 4) is 22.8 Å². The maximum absolute atomic E-state index is 5.65. The van der Waals surface area contributed by atoms with Gasteiger partial charge in [-0.25, -0.2) is 0 Å². The van der Waals surface area contributed by atoms with Gasteiger partial charge in [0.15, 0.2) is 0 Å². The molecule has 0 saturated carbocycles. The van der Waals surface area contributed by atoms with Gasteiger partial charge in [0.1, 0.15) is 21.8 Å². The Morgan fingerprint density at radius 2 is 1.95 bits per heavy atom. The quantitative estimate of drug-likeness (QED) is 0.906. The van der Waals surface area contributed by atoms with Crippen molar-refractivity contribution in [3.63, 3.8) is 0 Å². The van der Waals surface area contributed by atoms with Crippen LogP contribution in [-0.4, -0.2) is 24.4 Å². The number of ether oxygens (including phenoxy) is 2. The first-order valence-electron chi connectivity index (χ1n) is 5.86. The lowest BCUT2D eigenvalue weighted by Crippen LogP contribution is -1.98. The van der Waals surface area contributed by atoms with Crippen LogP contribution in [0.2, 0.25) is 0 Å². The van der Waals surface area contributed by atoms with Crippen molar-refractivity contribution in [2.75, 3.05) is 20.0 Å². The van der Waals surface area contributed by atoms with Crippen LogP contribution >= 0.6 is 15.9 Å². The highest BCUT2D eigenvalue weighted by molar-refractivity contribution is 9.10. The van der Waals surface area contributed by atoms with Gasteiger partial charge in [0.2, 0.25) is 0 Å². The third kappa shape index (κ3) is 2.40. The Hall–Kier alpha value is -1.69. The van der Waals surface area contributed by atoms with Gasteiger partial charge in [0.05, 0.1) is 19.9 Å². The summed E-state index contributed by atoms with van der Waals surface area (Å²) in [5, 5.41) is 6.84. The predicted molar refractivity (Wildman–Crippen MR) is 78.6 cm³/mol. The SMILES string of the molecule is CCc1cc(-c2cc(N)n[nH]2)c(OC)c(Br)c1OC. The van der Waals surface area contributed by atoms with Gasteiger partial charge in [-0.3, -0.25) is 5.10 Å². The van der Waals surface area contributed by atoms with Crippen molar-refractivity contribution in [2.24, 2.45) is 0 Å². The number of methoxy groups -OCH3 is 2. The number of rotatable bonds is 4. The minimum atomic E-state index is 0.446. The second-order valence-corrected chi connectivity index (χ2v) is 4.82. The second-order valence-electron chi connectivity index (χ2n) is 4.02. The Labute approximate surface area is 120 Å². The minimum Gasteiger partial charge on any atom is -0.495 e. The molecule has 5 nitrogen and oxygen atoms in total. The van der Waals surface area contributed by atoms with Crippen molar-refractivity contribution in [1.29, 1.82) is 0 Å². The van der Waals surface area contributed by atoms with E-state index in [0.29, 0.717) is 11.6 Å². The van der Waals surface area contributed by atoms with E-state index in [4.69, 9.17) is 15.2 Å². The van der Waals surface area contributed by atoms with E-state index in [9.17, 15) is 0 Å². The maximum Gasteiger partial charge on any atom is 0.146 e. The van der Waals surface area contributed by atoms with Crippen LogP contribution in [0.25, 0.3) is 11.3 Å². The first-order chi connectivity index (χ1) is 9.12. The number of benzene rings is 1. The second kappa shape index (κ2) is 5.52. The summed E-state index contributed by atoms with van der Waals surface area (Å²) in [4.78, 5) is 0. The molecule has 2 aromatic rings. The summed E-state index contributed by atoms with van der Waals surface area (Å²) in [6.07, 6.45) is 0.850. The van der Waals surface area contributed by atoms with Crippen LogP contribution in [0.4, 0.5) is 5.82 Å². The van der Waals surface area contributed by atoms with Gasteiger partial charge < -0.3 is 15.2 Å². The fourth-order valence-electron chi connectivity index (χ4n) is 2.03. The van der Waals surface area contributed by atoms with Crippen molar-refractivity contribution in [2.45, 2.75) is 13.3 Å². The monoisotopic (exact) mass is 325 g/mol. The number of H-pyrrole nitrogens is 1. The lowest BCUT2D eigenvalue weighted by atomic mass is 10.0. The number of hydrogen-bond donors (Lipinski definition) is 2. The van der Waals surface area contributed by atoms with Crippen molar-refractivity contribution < 1.29 is 9.47 Å². The molecule has 1 heterocycles. The molecule has 102 valence electrons. The van der Waals surface area contributed by atoms with Crippen molar-refractivity contribution in [1.82, 2.24) is 10.2 Å². The topological polar surface area (TPSA) is 73.2 Å². The van der Waals surface area contributed by atoms with Crippen LogP contribution in [0.3, 0.4) is 0 Å². The van der Waals surface area contributed by atoms with Gasteiger partial charge in [0, 0.05) is 11.6 Å². The van der Waals surface area contributed by atoms with Crippen LogP contribution in [0.5, 0.6) is 11.5 Å². The highest BCUT2D eigenvalue weighted by Gasteiger charge is 2.19. The van der Waals surface area contributed by atoms with Crippen molar-refractivity contribution in [3.05, 3.63) is 22.2 Å². The number of aryl methyl sites for hydroxylation is 1. The minimum absolute atomic E-state index is 0.446. The summed E-state index contributed by atoms with van der Waals surface area (Å²) < 4.78 is 11.7. The Balaban J connectivity index is 2.69. The molecule has 0 spiro atoms. The van der Waals surface area contributed by atoms with E-state index < -0.39 is 0 Å². The van der Waals surface area contributed by atoms with E-state index in [0.717, 1.165) is 33.5 Å². The standard InChI is InChI=1S/C13H16BrN3O2/c1-4-7-5-8(9-6-10(15)17-16-9)13(19-3)11(14)12(7)18-2/h5-6H,4H2,1-3H3,(H3,15,16,17). The number of hydrogen-bond acceptors (Lipinski definition) is 4. The number of nitrogens with zero attached hydrogens (tertiary/aromatic N) is 1. The first kappa shape index (κ1) is 13.7. The van der Waals surface area contributed by atoms with Crippen LogP contribution in [0.15, 0.2) is 16.6 Å². The maximum atomic E-state index is 5.65. The number of aromatic nitrogens is 2. The van der Waals surface area contributed by atoms with E-state index >= 15 is 0 Å². The van der Waals surface area contributed by atoms with Gasteiger partial charge in [-0.1, -0.05) is 6.92 Å². The number of nitrogen functional groups attached to an aromatic ring is 1. The van der Waals surface area contributed by atoms with Crippen LogP contribution in [-0.2, 0) is 6.42 Å². The summed E-state index contributed by atoms with van der Waals surface area (Å²) >= 11 is 3.53.